The van der Waals surface area contributed by atoms with Crippen LogP contribution >= 0.6 is 11.3 Å². The Morgan fingerprint density at radius 1 is 1.04 bits per heavy atom. The third-order valence-electron chi connectivity index (χ3n) is 4.54. The fourth-order valence-electron chi connectivity index (χ4n) is 2.98. The Balaban J connectivity index is 1.78. The van der Waals surface area contributed by atoms with E-state index in [1.807, 2.05) is 29.6 Å². The number of thiazole rings is 1. The second-order valence-electron chi connectivity index (χ2n) is 6.49. The number of ether oxygens (including phenoxy) is 2. The molecular formula is C22H26N2O2S. The van der Waals surface area contributed by atoms with Crippen molar-refractivity contribution < 1.29 is 9.47 Å². The van der Waals surface area contributed by atoms with Crippen molar-refractivity contribution in [3.8, 4) is 11.5 Å². The minimum Gasteiger partial charge on any atom is -0.497 e. The first kappa shape index (κ1) is 19.2. The largest absolute Gasteiger partial charge is 0.497 e. The number of unbranched alkanes of at least 4 members (excludes halogenated alkanes) is 1. The second kappa shape index (κ2) is 9.42. The summed E-state index contributed by atoms with van der Waals surface area (Å²) in [5.74, 6) is 1.92. The molecule has 0 aliphatic heterocycles. The molecule has 0 spiro atoms. The van der Waals surface area contributed by atoms with Crippen molar-refractivity contribution >= 4 is 16.5 Å². The quantitative estimate of drug-likeness (QED) is 0.511. The maximum atomic E-state index is 5.88. The zero-order valence-corrected chi connectivity index (χ0v) is 16.7. The summed E-state index contributed by atoms with van der Waals surface area (Å²) in [7, 11) is 1.68. The maximum absolute atomic E-state index is 5.88. The monoisotopic (exact) mass is 382 g/mol. The lowest BCUT2D eigenvalue weighted by Crippen LogP contribution is -2.06. The average molecular weight is 383 g/mol. The standard InChI is InChI=1S/C22H26N2O2S/c1-3-4-13-26-19-9-5-16(6-10-19)14-20(21-15-27-22(23)24-21)17-7-11-18(25-2)12-8-17/h5-12,15,20H,3-4,13-14H2,1-2H3,(H2,23,24). The normalized spacial score (nSPS) is 11.9. The second-order valence-corrected chi connectivity index (χ2v) is 7.38. The van der Waals surface area contributed by atoms with Crippen LogP contribution in [0, 0.1) is 0 Å². The van der Waals surface area contributed by atoms with E-state index in [9.17, 15) is 0 Å². The maximum Gasteiger partial charge on any atom is 0.180 e. The molecule has 1 heterocycles. The number of nitrogens with two attached hydrogens (primary N) is 1. The Morgan fingerprint density at radius 3 is 2.33 bits per heavy atom. The molecule has 0 aliphatic carbocycles. The third-order valence-corrected chi connectivity index (χ3v) is 5.24. The van der Waals surface area contributed by atoms with E-state index in [4.69, 9.17) is 15.2 Å². The zero-order chi connectivity index (χ0) is 19.1. The highest BCUT2D eigenvalue weighted by Crippen LogP contribution is 2.31. The van der Waals surface area contributed by atoms with Crippen molar-refractivity contribution in [2.24, 2.45) is 0 Å². The van der Waals surface area contributed by atoms with E-state index in [0.717, 1.165) is 43.1 Å². The van der Waals surface area contributed by atoms with Gasteiger partial charge < -0.3 is 15.2 Å². The molecule has 1 aromatic heterocycles. The van der Waals surface area contributed by atoms with Crippen molar-refractivity contribution in [1.29, 1.82) is 0 Å². The predicted molar refractivity (Wildman–Crippen MR) is 112 cm³/mol. The highest BCUT2D eigenvalue weighted by atomic mass is 32.1. The topological polar surface area (TPSA) is 57.4 Å². The molecule has 2 aromatic carbocycles. The molecule has 3 aromatic rings. The van der Waals surface area contributed by atoms with Gasteiger partial charge in [-0.3, -0.25) is 0 Å². The summed E-state index contributed by atoms with van der Waals surface area (Å²) in [5.41, 5.74) is 9.33. The van der Waals surface area contributed by atoms with Gasteiger partial charge >= 0.3 is 0 Å². The van der Waals surface area contributed by atoms with E-state index in [1.165, 1.54) is 22.5 Å². The van der Waals surface area contributed by atoms with Gasteiger partial charge in [0.15, 0.2) is 5.13 Å². The Bertz CT molecular complexity index is 828. The molecule has 0 saturated carbocycles. The highest BCUT2D eigenvalue weighted by Gasteiger charge is 2.18. The number of nitrogen functional groups attached to an aromatic ring is 1. The molecule has 2 N–H and O–H groups in total. The summed E-state index contributed by atoms with van der Waals surface area (Å²) in [6.07, 6.45) is 3.07. The molecule has 1 unspecified atom stereocenters. The lowest BCUT2D eigenvalue weighted by Gasteiger charge is -2.16. The smallest absolute Gasteiger partial charge is 0.180 e. The van der Waals surface area contributed by atoms with Gasteiger partial charge in [-0.2, -0.15) is 0 Å². The number of aromatic nitrogens is 1. The highest BCUT2D eigenvalue weighted by molar-refractivity contribution is 7.13. The van der Waals surface area contributed by atoms with Crippen molar-refractivity contribution in [3.63, 3.8) is 0 Å². The first-order valence-electron chi connectivity index (χ1n) is 9.26. The SMILES string of the molecule is CCCCOc1ccc(CC(c2ccc(OC)cc2)c2csc(N)n2)cc1. The van der Waals surface area contributed by atoms with Crippen LogP contribution in [-0.4, -0.2) is 18.7 Å². The Hall–Kier alpha value is -2.53. The predicted octanol–water partition coefficient (Wildman–Crippen LogP) is 5.29. The van der Waals surface area contributed by atoms with E-state index in [1.54, 1.807) is 7.11 Å². The molecule has 0 amide bonds. The van der Waals surface area contributed by atoms with Crippen molar-refractivity contribution in [2.45, 2.75) is 32.1 Å². The molecule has 0 saturated heterocycles. The van der Waals surface area contributed by atoms with Crippen LogP contribution in [0.2, 0.25) is 0 Å². The van der Waals surface area contributed by atoms with Gasteiger partial charge in [-0.1, -0.05) is 37.6 Å². The molecule has 3 rings (SSSR count). The molecule has 4 nitrogen and oxygen atoms in total. The van der Waals surface area contributed by atoms with Crippen molar-refractivity contribution in [3.05, 3.63) is 70.7 Å². The lowest BCUT2D eigenvalue weighted by atomic mass is 9.89. The van der Waals surface area contributed by atoms with Crippen LogP contribution in [0.4, 0.5) is 5.13 Å². The van der Waals surface area contributed by atoms with Crippen LogP contribution in [0.5, 0.6) is 11.5 Å². The van der Waals surface area contributed by atoms with Crippen molar-refractivity contribution in [1.82, 2.24) is 4.98 Å². The molecule has 0 bridgehead atoms. The van der Waals surface area contributed by atoms with Crippen LogP contribution in [0.15, 0.2) is 53.9 Å². The van der Waals surface area contributed by atoms with Gasteiger partial charge in [-0.05, 0) is 48.2 Å². The van der Waals surface area contributed by atoms with E-state index in [0.29, 0.717) is 5.13 Å². The average Bonchev–Trinajstić information content (AvgIpc) is 3.13. The van der Waals surface area contributed by atoms with Crippen LogP contribution in [0.1, 0.15) is 42.5 Å². The van der Waals surface area contributed by atoms with E-state index in [2.05, 4.69) is 36.2 Å². The Kier molecular flexibility index (Phi) is 6.71. The van der Waals surface area contributed by atoms with Crippen LogP contribution in [0.25, 0.3) is 0 Å². The summed E-state index contributed by atoms with van der Waals surface area (Å²) in [6.45, 7) is 2.93. The molecule has 1 atom stereocenters. The number of benzene rings is 2. The summed E-state index contributed by atoms with van der Waals surface area (Å²) in [6, 6.07) is 16.5. The number of rotatable bonds is 9. The first-order valence-corrected chi connectivity index (χ1v) is 10.1. The van der Waals surface area contributed by atoms with Crippen LogP contribution in [-0.2, 0) is 6.42 Å². The number of hydrogen-bond acceptors (Lipinski definition) is 5. The number of anilines is 1. The van der Waals surface area contributed by atoms with Gasteiger partial charge in [0, 0.05) is 11.3 Å². The summed E-state index contributed by atoms with van der Waals surface area (Å²) in [4.78, 5) is 4.53. The Labute approximate surface area is 165 Å². The van der Waals surface area contributed by atoms with E-state index >= 15 is 0 Å². The summed E-state index contributed by atoms with van der Waals surface area (Å²) < 4.78 is 11.0. The van der Waals surface area contributed by atoms with Gasteiger partial charge in [0.25, 0.3) is 0 Å². The number of methoxy groups -OCH3 is 1. The molecule has 27 heavy (non-hydrogen) atoms. The van der Waals surface area contributed by atoms with Gasteiger partial charge in [0.2, 0.25) is 0 Å². The van der Waals surface area contributed by atoms with Crippen molar-refractivity contribution in [2.75, 3.05) is 19.5 Å². The third kappa shape index (κ3) is 5.23. The van der Waals surface area contributed by atoms with Gasteiger partial charge in [0.05, 0.1) is 19.4 Å². The molecular weight excluding hydrogens is 356 g/mol. The lowest BCUT2D eigenvalue weighted by molar-refractivity contribution is 0.309. The molecule has 142 valence electrons. The fourth-order valence-corrected chi connectivity index (χ4v) is 3.60. The van der Waals surface area contributed by atoms with Gasteiger partial charge in [-0.15, -0.1) is 11.3 Å². The molecule has 0 aliphatic rings. The first-order chi connectivity index (χ1) is 13.2. The molecule has 5 heteroatoms. The molecule has 0 fully saturated rings. The van der Waals surface area contributed by atoms with Crippen LogP contribution in [0.3, 0.4) is 0 Å². The summed E-state index contributed by atoms with van der Waals surface area (Å²) >= 11 is 1.48. The molecule has 0 radical (unpaired) electrons. The summed E-state index contributed by atoms with van der Waals surface area (Å²) in [5, 5.41) is 2.65. The van der Waals surface area contributed by atoms with Crippen LogP contribution < -0.4 is 15.2 Å². The number of hydrogen-bond donors (Lipinski definition) is 1. The minimum absolute atomic E-state index is 0.149. The van der Waals surface area contributed by atoms with E-state index in [-0.39, 0.29) is 5.92 Å². The fraction of sp³-hybridized carbons (Fsp3) is 0.318. The Morgan fingerprint density at radius 2 is 1.74 bits per heavy atom. The van der Waals surface area contributed by atoms with Gasteiger partial charge in [0.1, 0.15) is 11.5 Å². The minimum atomic E-state index is 0.149. The van der Waals surface area contributed by atoms with Gasteiger partial charge in [-0.25, -0.2) is 4.98 Å². The number of nitrogens with zero attached hydrogens (tertiary/aromatic N) is 1. The van der Waals surface area contributed by atoms with E-state index < -0.39 is 0 Å². The zero-order valence-electron chi connectivity index (χ0n) is 15.9.